The number of hydrogen-bond acceptors (Lipinski definition) is 3. The molecule has 0 aliphatic carbocycles. The number of nitrogens with one attached hydrogen (secondary N) is 1. The second-order valence-electron chi connectivity index (χ2n) is 9.34. The molecule has 5 rings (SSSR count). The molecule has 9 heteroatoms. The first-order valence-corrected chi connectivity index (χ1v) is 12.5. The van der Waals surface area contributed by atoms with Crippen LogP contribution < -0.4 is 5.32 Å². The first kappa shape index (κ1) is 25.3. The van der Waals surface area contributed by atoms with E-state index in [0.717, 1.165) is 41.5 Å². The van der Waals surface area contributed by atoms with E-state index in [2.05, 4.69) is 14.8 Å². The van der Waals surface area contributed by atoms with Crippen LogP contribution in [0.3, 0.4) is 0 Å². The number of carbonyl (C=O) groups excluding carboxylic acids is 1. The largest absolute Gasteiger partial charge is 0.418 e. The minimum absolute atomic E-state index is 0.207. The van der Waals surface area contributed by atoms with Gasteiger partial charge in [-0.3, -0.25) is 9.69 Å². The Bertz CT molecular complexity index is 1400. The van der Waals surface area contributed by atoms with E-state index in [1.54, 1.807) is 0 Å². The molecule has 2 heterocycles. The fraction of sp³-hybridized carbons (Fsp3) is 0.286. The molecule has 1 fully saturated rings. The summed E-state index contributed by atoms with van der Waals surface area (Å²) in [5.74, 6) is 0.0693. The van der Waals surface area contributed by atoms with Gasteiger partial charge in [-0.25, -0.2) is 4.98 Å². The number of anilines is 1. The third-order valence-electron chi connectivity index (χ3n) is 6.72. The number of amides is 1. The summed E-state index contributed by atoms with van der Waals surface area (Å²) in [6.07, 6.45) is -3.14. The lowest BCUT2D eigenvalue weighted by Gasteiger charge is -2.32. The smallest absolute Gasteiger partial charge is 0.325 e. The van der Waals surface area contributed by atoms with E-state index in [0.29, 0.717) is 31.1 Å². The minimum atomic E-state index is -4.54. The molecular weight excluding hydrogens is 501 g/mol. The Hall–Kier alpha value is -3.36. The molecule has 1 aliphatic heterocycles. The number of benzene rings is 3. The predicted molar refractivity (Wildman–Crippen MR) is 138 cm³/mol. The second kappa shape index (κ2) is 10.6. The lowest BCUT2D eigenvalue weighted by molar-refractivity contribution is -0.137. The lowest BCUT2D eigenvalue weighted by Crippen LogP contribution is -2.41. The van der Waals surface area contributed by atoms with Gasteiger partial charge in [0.1, 0.15) is 5.82 Å². The maximum Gasteiger partial charge on any atom is 0.418 e. The molecule has 1 atom stereocenters. The van der Waals surface area contributed by atoms with Crippen molar-refractivity contribution in [1.82, 2.24) is 14.5 Å². The van der Waals surface area contributed by atoms with E-state index in [-0.39, 0.29) is 5.69 Å². The Morgan fingerprint density at radius 1 is 1.00 bits per heavy atom. The zero-order valence-corrected chi connectivity index (χ0v) is 20.8. The molecule has 1 saturated heterocycles. The predicted octanol–water partition coefficient (Wildman–Crippen LogP) is 6.61. The van der Waals surface area contributed by atoms with Gasteiger partial charge in [-0.05, 0) is 61.3 Å². The van der Waals surface area contributed by atoms with E-state index in [1.165, 1.54) is 18.2 Å². The van der Waals surface area contributed by atoms with Crippen LogP contribution in [0.1, 0.15) is 29.8 Å². The number of imidazole rings is 1. The van der Waals surface area contributed by atoms with Crippen molar-refractivity contribution < 1.29 is 18.0 Å². The van der Waals surface area contributed by atoms with Crippen molar-refractivity contribution >= 4 is 34.2 Å². The van der Waals surface area contributed by atoms with E-state index < -0.39 is 23.6 Å². The molecular formula is C28H26ClF3N4O. The molecule has 0 spiro atoms. The van der Waals surface area contributed by atoms with Gasteiger partial charge in [-0.15, -0.1) is 0 Å². The molecule has 1 N–H and O–H groups in total. The van der Waals surface area contributed by atoms with Crippen molar-refractivity contribution in [2.45, 2.75) is 32.1 Å². The Balaban J connectivity index is 1.33. The molecule has 0 radical (unpaired) electrons. The van der Waals surface area contributed by atoms with Crippen LogP contribution in [-0.4, -0.2) is 33.4 Å². The van der Waals surface area contributed by atoms with Crippen LogP contribution in [0, 0.1) is 5.92 Å². The minimum Gasteiger partial charge on any atom is -0.325 e. The number of carbonyl (C=O) groups is 1. The number of halogens is 4. The number of piperidine rings is 1. The van der Waals surface area contributed by atoms with Gasteiger partial charge in [-0.2, -0.15) is 13.2 Å². The van der Waals surface area contributed by atoms with E-state index >= 15 is 0 Å². The molecule has 192 valence electrons. The summed E-state index contributed by atoms with van der Waals surface area (Å²) in [6, 6.07) is 20.7. The Morgan fingerprint density at radius 3 is 2.51 bits per heavy atom. The van der Waals surface area contributed by atoms with Crippen molar-refractivity contribution in [1.29, 1.82) is 0 Å². The number of hydrogen-bond donors (Lipinski definition) is 1. The summed E-state index contributed by atoms with van der Waals surface area (Å²) in [5.41, 5.74) is 1.95. The van der Waals surface area contributed by atoms with Crippen molar-refractivity contribution in [3.05, 3.63) is 94.8 Å². The van der Waals surface area contributed by atoms with E-state index in [4.69, 9.17) is 16.6 Å². The van der Waals surface area contributed by atoms with E-state index in [1.807, 2.05) is 48.5 Å². The third kappa shape index (κ3) is 5.81. The molecule has 5 nitrogen and oxygen atoms in total. The van der Waals surface area contributed by atoms with Crippen LogP contribution in [-0.2, 0) is 24.1 Å². The summed E-state index contributed by atoms with van der Waals surface area (Å²) in [5, 5.41) is 3.20. The fourth-order valence-corrected chi connectivity index (χ4v) is 5.01. The molecule has 37 heavy (non-hydrogen) atoms. The molecule has 1 aromatic heterocycles. The van der Waals surface area contributed by atoms with E-state index in [9.17, 15) is 18.0 Å². The number of aromatic nitrogens is 2. The zero-order chi connectivity index (χ0) is 26.0. The average molecular weight is 527 g/mol. The molecule has 0 unspecified atom stereocenters. The first-order valence-electron chi connectivity index (χ1n) is 12.2. The third-order valence-corrected chi connectivity index (χ3v) is 6.97. The highest BCUT2D eigenvalue weighted by atomic mass is 35.5. The average Bonchev–Trinajstić information content (AvgIpc) is 3.22. The SMILES string of the molecule is O=C(Nc1ccccc1C(F)(F)F)[C@H]1CCCN(Cc2nc3ccccc3n2Cc2ccc(Cl)cc2)C1. The van der Waals surface area contributed by atoms with Crippen LogP contribution in [0.2, 0.25) is 5.02 Å². The highest BCUT2D eigenvalue weighted by Crippen LogP contribution is 2.35. The number of nitrogens with zero attached hydrogens (tertiary/aromatic N) is 3. The number of rotatable bonds is 6. The molecule has 0 bridgehead atoms. The summed E-state index contributed by atoms with van der Waals surface area (Å²) < 4.78 is 42.3. The van der Waals surface area contributed by atoms with Crippen LogP contribution in [0.5, 0.6) is 0 Å². The first-order chi connectivity index (χ1) is 17.8. The highest BCUT2D eigenvalue weighted by molar-refractivity contribution is 6.30. The van der Waals surface area contributed by atoms with Crippen LogP contribution in [0.15, 0.2) is 72.8 Å². The molecule has 0 saturated carbocycles. The van der Waals surface area contributed by atoms with Crippen LogP contribution in [0.25, 0.3) is 11.0 Å². The van der Waals surface area contributed by atoms with Crippen LogP contribution >= 0.6 is 11.6 Å². The zero-order valence-electron chi connectivity index (χ0n) is 20.0. The highest BCUT2D eigenvalue weighted by Gasteiger charge is 2.34. The van der Waals surface area contributed by atoms with Crippen molar-refractivity contribution in [2.24, 2.45) is 5.92 Å². The van der Waals surface area contributed by atoms with Gasteiger partial charge in [0.05, 0.1) is 34.7 Å². The monoisotopic (exact) mass is 526 g/mol. The maximum atomic E-state index is 13.4. The molecule has 4 aromatic rings. The van der Waals surface area contributed by atoms with Gasteiger partial charge in [0.2, 0.25) is 5.91 Å². The number of fused-ring (bicyclic) bond motifs is 1. The van der Waals surface area contributed by atoms with Crippen LogP contribution in [0.4, 0.5) is 18.9 Å². The Kier molecular flexibility index (Phi) is 7.22. The number of likely N-dealkylation sites (tertiary alicyclic amines) is 1. The van der Waals surface area contributed by atoms with Gasteiger partial charge in [-0.1, -0.05) is 48.0 Å². The second-order valence-corrected chi connectivity index (χ2v) is 9.77. The van der Waals surface area contributed by atoms with Crippen molar-refractivity contribution in [2.75, 3.05) is 18.4 Å². The molecule has 3 aromatic carbocycles. The fourth-order valence-electron chi connectivity index (χ4n) is 4.88. The Labute approximate surface area is 217 Å². The summed E-state index contributed by atoms with van der Waals surface area (Å²) >= 11 is 6.06. The number of alkyl halides is 3. The number of para-hydroxylation sites is 3. The van der Waals surface area contributed by atoms with Crippen molar-refractivity contribution in [3.63, 3.8) is 0 Å². The van der Waals surface area contributed by atoms with Gasteiger partial charge in [0.15, 0.2) is 0 Å². The van der Waals surface area contributed by atoms with Gasteiger partial charge >= 0.3 is 6.18 Å². The Morgan fingerprint density at radius 2 is 1.73 bits per heavy atom. The maximum absolute atomic E-state index is 13.4. The van der Waals surface area contributed by atoms with Gasteiger partial charge in [0.25, 0.3) is 0 Å². The van der Waals surface area contributed by atoms with Gasteiger partial charge in [0, 0.05) is 18.1 Å². The quantitative estimate of drug-likeness (QED) is 0.308. The summed E-state index contributed by atoms with van der Waals surface area (Å²) in [7, 11) is 0. The van der Waals surface area contributed by atoms with Crippen molar-refractivity contribution in [3.8, 4) is 0 Å². The topological polar surface area (TPSA) is 50.2 Å². The molecule has 1 aliphatic rings. The molecule has 1 amide bonds. The lowest BCUT2D eigenvalue weighted by atomic mass is 9.96. The summed E-state index contributed by atoms with van der Waals surface area (Å²) in [4.78, 5) is 20.0. The normalized spacial score (nSPS) is 16.7. The standard InChI is InChI=1S/C28H26ClF3N4O/c29-21-13-11-19(12-14-21)16-36-25-10-4-3-9-24(25)33-26(36)18-35-15-5-6-20(17-35)27(37)34-23-8-2-1-7-22(23)28(30,31)32/h1-4,7-14,20H,5-6,15-18H2,(H,34,37)/t20-/m0/s1. The van der Waals surface area contributed by atoms with Gasteiger partial charge < -0.3 is 9.88 Å². The summed E-state index contributed by atoms with van der Waals surface area (Å²) in [6.45, 7) is 2.39.